The number of aliphatic hydroxyl groups excluding tert-OH is 1. The van der Waals surface area contributed by atoms with E-state index < -0.39 is 0 Å². The van der Waals surface area contributed by atoms with Crippen molar-refractivity contribution in [1.82, 2.24) is 0 Å². The molecule has 2 aliphatic rings. The van der Waals surface area contributed by atoms with E-state index in [-0.39, 0.29) is 6.10 Å². The molecule has 0 aliphatic heterocycles. The van der Waals surface area contributed by atoms with Crippen molar-refractivity contribution >= 4 is 0 Å². The number of aliphatic hydroxyl groups is 1. The molecule has 2 heteroatoms. The first-order chi connectivity index (χ1) is 6.31. The van der Waals surface area contributed by atoms with Gasteiger partial charge in [-0.3, -0.25) is 0 Å². The normalized spacial score (nSPS) is 39.7. The Bertz CT molecular complexity index is 169. The van der Waals surface area contributed by atoms with Crippen LogP contribution in [0.15, 0.2) is 0 Å². The second-order valence-corrected chi connectivity index (χ2v) is 4.57. The summed E-state index contributed by atoms with van der Waals surface area (Å²) in [6, 6.07) is 0. The van der Waals surface area contributed by atoms with E-state index in [1.165, 1.54) is 25.7 Å². The predicted molar refractivity (Wildman–Crippen MR) is 51.4 cm³/mol. The van der Waals surface area contributed by atoms with E-state index in [9.17, 15) is 5.11 Å². The molecule has 13 heavy (non-hydrogen) atoms. The van der Waals surface area contributed by atoms with Crippen LogP contribution in [0.5, 0.6) is 0 Å². The summed E-state index contributed by atoms with van der Waals surface area (Å²) in [6.07, 6.45) is 5.17. The quantitative estimate of drug-likeness (QED) is 0.722. The number of hydrogen-bond donors (Lipinski definition) is 1. The Morgan fingerprint density at radius 3 is 2.77 bits per heavy atom. The van der Waals surface area contributed by atoms with Crippen LogP contribution in [0.3, 0.4) is 0 Å². The van der Waals surface area contributed by atoms with Crippen molar-refractivity contribution < 1.29 is 9.84 Å². The van der Waals surface area contributed by atoms with Crippen LogP contribution in [0.2, 0.25) is 0 Å². The Balaban J connectivity index is 1.80. The average molecular weight is 184 g/mol. The van der Waals surface area contributed by atoms with Crippen LogP contribution >= 0.6 is 0 Å². The second-order valence-electron chi connectivity index (χ2n) is 4.57. The van der Waals surface area contributed by atoms with Crippen molar-refractivity contribution in [3.8, 4) is 0 Å². The highest BCUT2D eigenvalue weighted by molar-refractivity contribution is 4.92. The lowest BCUT2D eigenvalue weighted by molar-refractivity contribution is -0.00642. The molecule has 0 aromatic rings. The lowest BCUT2D eigenvalue weighted by atomic mass is 9.85. The van der Waals surface area contributed by atoms with Crippen molar-refractivity contribution in [2.75, 3.05) is 13.2 Å². The fourth-order valence-corrected chi connectivity index (χ4v) is 3.13. The van der Waals surface area contributed by atoms with Gasteiger partial charge in [-0.2, -0.15) is 0 Å². The van der Waals surface area contributed by atoms with Gasteiger partial charge in [-0.05, 0) is 43.9 Å². The lowest BCUT2D eigenvalue weighted by Crippen LogP contribution is -2.29. The SMILES string of the molecule is CCOCC(O)C1CC2CCC1C2. The molecule has 0 aromatic carbocycles. The summed E-state index contributed by atoms with van der Waals surface area (Å²) >= 11 is 0. The molecule has 1 N–H and O–H groups in total. The van der Waals surface area contributed by atoms with E-state index in [2.05, 4.69) is 0 Å². The highest BCUT2D eigenvalue weighted by Crippen LogP contribution is 2.49. The van der Waals surface area contributed by atoms with Gasteiger partial charge in [-0.25, -0.2) is 0 Å². The molecule has 0 spiro atoms. The third-order valence-corrected chi connectivity index (χ3v) is 3.78. The highest BCUT2D eigenvalue weighted by atomic mass is 16.5. The molecular weight excluding hydrogens is 164 g/mol. The summed E-state index contributed by atoms with van der Waals surface area (Å²) < 4.78 is 5.27. The zero-order chi connectivity index (χ0) is 9.26. The van der Waals surface area contributed by atoms with Crippen LogP contribution in [0.4, 0.5) is 0 Å². The van der Waals surface area contributed by atoms with Crippen molar-refractivity contribution in [3.63, 3.8) is 0 Å². The van der Waals surface area contributed by atoms with Gasteiger partial charge in [0.15, 0.2) is 0 Å². The van der Waals surface area contributed by atoms with Crippen LogP contribution in [-0.4, -0.2) is 24.4 Å². The summed E-state index contributed by atoms with van der Waals surface area (Å²) in [6.45, 7) is 3.25. The molecule has 0 radical (unpaired) electrons. The van der Waals surface area contributed by atoms with Gasteiger partial charge < -0.3 is 9.84 Å². The van der Waals surface area contributed by atoms with Gasteiger partial charge >= 0.3 is 0 Å². The first-order valence-electron chi connectivity index (χ1n) is 5.57. The molecular formula is C11H20O2. The fraction of sp³-hybridized carbons (Fsp3) is 1.00. The lowest BCUT2D eigenvalue weighted by Gasteiger charge is -2.26. The Morgan fingerprint density at radius 1 is 1.38 bits per heavy atom. The van der Waals surface area contributed by atoms with Crippen molar-refractivity contribution in [2.24, 2.45) is 17.8 Å². The number of hydrogen-bond acceptors (Lipinski definition) is 2. The fourth-order valence-electron chi connectivity index (χ4n) is 3.13. The number of fused-ring (bicyclic) bond motifs is 2. The van der Waals surface area contributed by atoms with E-state index in [0.717, 1.165) is 18.4 Å². The smallest absolute Gasteiger partial charge is 0.0804 e. The third-order valence-electron chi connectivity index (χ3n) is 3.78. The third kappa shape index (κ3) is 1.89. The first-order valence-corrected chi connectivity index (χ1v) is 5.57. The molecule has 2 rings (SSSR count). The molecule has 2 aliphatic carbocycles. The van der Waals surface area contributed by atoms with Crippen LogP contribution in [0, 0.1) is 17.8 Å². The van der Waals surface area contributed by atoms with E-state index >= 15 is 0 Å². The summed E-state index contributed by atoms with van der Waals surface area (Å²) in [5, 5.41) is 9.88. The van der Waals surface area contributed by atoms with Crippen LogP contribution < -0.4 is 0 Å². The van der Waals surface area contributed by atoms with Crippen molar-refractivity contribution in [1.29, 1.82) is 0 Å². The second kappa shape index (κ2) is 3.97. The molecule has 0 aromatic heterocycles. The molecule has 0 amide bonds. The molecule has 4 atom stereocenters. The van der Waals surface area contributed by atoms with Crippen LogP contribution in [0.25, 0.3) is 0 Å². The topological polar surface area (TPSA) is 29.5 Å². The van der Waals surface area contributed by atoms with Gasteiger partial charge in [0.25, 0.3) is 0 Å². The molecule has 2 fully saturated rings. The maximum Gasteiger partial charge on any atom is 0.0804 e. The summed E-state index contributed by atoms with van der Waals surface area (Å²) in [5.41, 5.74) is 0. The van der Waals surface area contributed by atoms with Gasteiger partial charge in [0.2, 0.25) is 0 Å². The van der Waals surface area contributed by atoms with Crippen LogP contribution in [-0.2, 0) is 4.74 Å². The number of rotatable bonds is 4. The molecule has 2 bridgehead atoms. The van der Waals surface area contributed by atoms with Gasteiger partial charge in [0, 0.05) is 6.61 Å². The molecule has 4 unspecified atom stereocenters. The Hall–Kier alpha value is -0.0800. The average Bonchev–Trinajstić information content (AvgIpc) is 2.74. The summed E-state index contributed by atoms with van der Waals surface area (Å²) in [5.74, 6) is 2.28. The Kier molecular flexibility index (Phi) is 2.89. The molecule has 0 heterocycles. The summed E-state index contributed by atoms with van der Waals surface area (Å²) in [7, 11) is 0. The van der Waals surface area contributed by atoms with Gasteiger partial charge in [-0.1, -0.05) is 6.42 Å². The monoisotopic (exact) mass is 184 g/mol. The zero-order valence-electron chi connectivity index (χ0n) is 8.41. The minimum Gasteiger partial charge on any atom is -0.390 e. The minimum absolute atomic E-state index is 0.199. The predicted octanol–water partition coefficient (Wildman–Crippen LogP) is 1.82. The maximum absolute atomic E-state index is 9.88. The standard InChI is InChI=1S/C11H20O2/c1-2-13-7-11(12)10-6-8-3-4-9(10)5-8/h8-12H,2-7H2,1H3. The van der Waals surface area contributed by atoms with Crippen molar-refractivity contribution in [2.45, 2.75) is 38.7 Å². The maximum atomic E-state index is 9.88. The molecule has 2 nitrogen and oxygen atoms in total. The largest absolute Gasteiger partial charge is 0.390 e. The van der Waals surface area contributed by atoms with E-state index in [1.54, 1.807) is 0 Å². The molecule has 0 saturated heterocycles. The molecule has 2 saturated carbocycles. The summed E-state index contributed by atoms with van der Waals surface area (Å²) in [4.78, 5) is 0. The van der Waals surface area contributed by atoms with Crippen molar-refractivity contribution in [3.05, 3.63) is 0 Å². The highest BCUT2D eigenvalue weighted by Gasteiger charge is 2.42. The first kappa shape index (κ1) is 9.47. The van der Waals surface area contributed by atoms with E-state index in [1.807, 2.05) is 6.92 Å². The minimum atomic E-state index is -0.199. The Labute approximate surface area is 80.3 Å². The van der Waals surface area contributed by atoms with Gasteiger partial charge in [0.1, 0.15) is 0 Å². The van der Waals surface area contributed by atoms with E-state index in [0.29, 0.717) is 12.5 Å². The number of ether oxygens (including phenoxy) is 1. The van der Waals surface area contributed by atoms with Crippen LogP contribution in [0.1, 0.15) is 32.6 Å². The van der Waals surface area contributed by atoms with Gasteiger partial charge in [0.05, 0.1) is 12.7 Å². The van der Waals surface area contributed by atoms with Gasteiger partial charge in [-0.15, -0.1) is 0 Å². The zero-order valence-corrected chi connectivity index (χ0v) is 8.41. The van der Waals surface area contributed by atoms with E-state index in [4.69, 9.17) is 4.74 Å². The molecule has 76 valence electrons. The Morgan fingerprint density at radius 2 is 2.23 bits per heavy atom.